The monoisotopic (exact) mass is 381 g/mol. The smallest absolute Gasteiger partial charge is 0.344 e. The molecule has 2 rings (SSSR count). The van der Waals surface area contributed by atoms with Crippen LogP contribution in [0.2, 0.25) is 0 Å². The maximum absolute atomic E-state index is 13.6. The van der Waals surface area contributed by atoms with E-state index in [-0.39, 0.29) is 23.1 Å². The van der Waals surface area contributed by atoms with Crippen LogP contribution in [0.3, 0.4) is 0 Å². The molecule has 0 aliphatic carbocycles. The number of halogens is 2. The lowest BCUT2D eigenvalue weighted by Gasteiger charge is -2.25. The van der Waals surface area contributed by atoms with Crippen LogP contribution in [0.5, 0.6) is 0 Å². The van der Waals surface area contributed by atoms with Crippen LogP contribution in [0.25, 0.3) is 0 Å². The van der Waals surface area contributed by atoms with Gasteiger partial charge in [-0.15, -0.1) is 0 Å². The van der Waals surface area contributed by atoms with Crippen LogP contribution >= 0.6 is 0 Å². The number of nitrogens with one attached hydrogen (secondary N) is 2. The Bertz CT molecular complexity index is 754. The highest BCUT2D eigenvalue weighted by molar-refractivity contribution is 6.18. The molecule has 0 spiro atoms. The maximum Gasteiger partial charge on any atom is 0.344 e. The summed E-state index contributed by atoms with van der Waals surface area (Å²) < 4.78 is 37.3. The second kappa shape index (κ2) is 9.22. The summed E-state index contributed by atoms with van der Waals surface area (Å²) in [4.78, 5) is 24.3. The largest absolute Gasteiger partial charge is 0.454 e. The minimum absolute atomic E-state index is 0.0185. The Morgan fingerprint density at radius 2 is 1.89 bits per heavy atom. The van der Waals surface area contributed by atoms with Gasteiger partial charge in [0.05, 0.1) is 5.56 Å². The van der Waals surface area contributed by atoms with E-state index in [0.717, 1.165) is 18.2 Å². The van der Waals surface area contributed by atoms with Crippen LogP contribution in [0.1, 0.15) is 30.1 Å². The van der Waals surface area contributed by atoms with Gasteiger partial charge in [-0.05, 0) is 31.9 Å². The second-order valence-electron chi connectivity index (χ2n) is 6.04. The number of carbonyl (C=O) groups excluding carboxylic acids is 2. The highest BCUT2D eigenvalue weighted by Crippen LogP contribution is 2.14. The van der Waals surface area contributed by atoms with Gasteiger partial charge >= 0.3 is 5.97 Å². The van der Waals surface area contributed by atoms with Gasteiger partial charge < -0.3 is 25.9 Å². The average molecular weight is 381 g/mol. The summed E-state index contributed by atoms with van der Waals surface area (Å²) in [6.45, 7) is 1.57. The molecule has 1 aromatic carbocycles. The van der Waals surface area contributed by atoms with Crippen LogP contribution < -0.4 is 11.1 Å². The molecule has 0 radical (unpaired) electrons. The quantitative estimate of drug-likeness (QED) is 0.286. The van der Waals surface area contributed by atoms with Crippen molar-refractivity contribution in [1.29, 1.82) is 5.41 Å². The number of nitrogens with two attached hydrogens (primary N) is 1. The van der Waals surface area contributed by atoms with Crippen molar-refractivity contribution in [2.45, 2.75) is 25.8 Å². The number of benzene rings is 1. The zero-order chi connectivity index (χ0) is 20.0. The summed E-state index contributed by atoms with van der Waals surface area (Å²) >= 11 is 0. The number of ketones is 1. The van der Waals surface area contributed by atoms with Crippen molar-refractivity contribution in [2.75, 3.05) is 19.8 Å². The Hall–Kier alpha value is -2.81. The molecule has 1 heterocycles. The Balaban J connectivity index is 2.07. The summed E-state index contributed by atoms with van der Waals surface area (Å²) in [5, 5.41) is 10.7. The van der Waals surface area contributed by atoms with E-state index < -0.39 is 35.6 Å². The lowest BCUT2D eigenvalue weighted by atomic mass is 10.1. The van der Waals surface area contributed by atoms with E-state index in [1.807, 2.05) is 0 Å². The molecule has 0 amide bonds. The summed E-state index contributed by atoms with van der Waals surface area (Å²) in [7, 11) is 0. The minimum atomic E-state index is -1.05. The molecule has 27 heavy (non-hydrogen) atoms. The molecule has 0 unspecified atom stereocenters. The first kappa shape index (κ1) is 20.5. The Kier molecular flexibility index (Phi) is 7.00. The van der Waals surface area contributed by atoms with Gasteiger partial charge in [0, 0.05) is 25.0 Å². The van der Waals surface area contributed by atoms with Crippen LogP contribution in [-0.2, 0) is 14.3 Å². The number of hydrogen-bond acceptors (Lipinski definition) is 7. The molecule has 9 heteroatoms. The normalized spacial score (nSPS) is 15.7. The standard InChI is InChI=1S/C18H21F2N3O4/c1-10(21)15(17(22)23-11-5-7-26-8-6-11)18(25)27-9-14(24)16-12(19)3-2-4-13(16)20/h2-4,11,21,23H,5-9,22H2,1H3/b17-15+,21-10?. The Morgan fingerprint density at radius 3 is 2.44 bits per heavy atom. The number of Topliss-reactive ketones (excluding diaryl/α,β-unsaturated/α-hetero) is 1. The van der Waals surface area contributed by atoms with E-state index in [2.05, 4.69) is 5.32 Å². The first-order chi connectivity index (χ1) is 12.8. The van der Waals surface area contributed by atoms with E-state index in [1.165, 1.54) is 6.92 Å². The molecule has 7 nitrogen and oxygen atoms in total. The molecule has 0 saturated carbocycles. The highest BCUT2D eigenvalue weighted by atomic mass is 19.1. The summed E-state index contributed by atoms with van der Waals surface area (Å²) in [6, 6.07) is 2.97. The van der Waals surface area contributed by atoms with E-state index >= 15 is 0 Å². The maximum atomic E-state index is 13.6. The fourth-order valence-corrected chi connectivity index (χ4v) is 2.64. The molecule has 1 fully saturated rings. The third-order valence-corrected chi connectivity index (χ3v) is 4.01. The molecule has 0 aromatic heterocycles. The number of hydrogen-bond donors (Lipinski definition) is 3. The van der Waals surface area contributed by atoms with E-state index in [0.29, 0.717) is 26.1 Å². The number of rotatable bonds is 7. The van der Waals surface area contributed by atoms with Crippen molar-refractivity contribution in [2.24, 2.45) is 5.73 Å². The third kappa shape index (κ3) is 5.33. The molecule has 4 N–H and O–H groups in total. The first-order valence-electron chi connectivity index (χ1n) is 8.35. The Labute approximate surface area is 155 Å². The topological polar surface area (TPSA) is 114 Å². The number of carbonyl (C=O) groups is 2. The first-order valence-corrected chi connectivity index (χ1v) is 8.35. The van der Waals surface area contributed by atoms with E-state index in [1.54, 1.807) is 0 Å². The molecule has 1 saturated heterocycles. The van der Waals surface area contributed by atoms with Gasteiger partial charge in [0.1, 0.15) is 23.0 Å². The molecule has 1 aromatic rings. The van der Waals surface area contributed by atoms with Crippen LogP contribution in [0, 0.1) is 17.0 Å². The van der Waals surface area contributed by atoms with E-state index in [9.17, 15) is 18.4 Å². The predicted octanol–water partition coefficient (Wildman–Crippen LogP) is 1.67. The van der Waals surface area contributed by atoms with Crippen LogP contribution in [0.15, 0.2) is 29.6 Å². The highest BCUT2D eigenvalue weighted by Gasteiger charge is 2.24. The van der Waals surface area contributed by atoms with Crippen molar-refractivity contribution in [3.8, 4) is 0 Å². The van der Waals surface area contributed by atoms with Gasteiger partial charge in [0.15, 0.2) is 6.61 Å². The van der Waals surface area contributed by atoms with Crippen LogP contribution in [-0.4, -0.2) is 43.3 Å². The molecule has 1 aliphatic rings. The zero-order valence-electron chi connectivity index (χ0n) is 14.8. The fraction of sp³-hybridized carbons (Fsp3) is 0.389. The molecule has 146 valence electrons. The molecular weight excluding hydrogens is 360 g/mol. The summed E-state index contributed by atoms with van der Waals surface area (Å²) in [6.07, 6.45) is 1.37. The average Bonchev–Trinajstić information content (AvgIpc) is 2.60. The van der Waals surface area contributed by atoms with Crippen molar-refractivity contribution < 1.29 is 27.8 Å². The molecular formula is C18H21F2N3O4. The Morgan fingerprint density at radius 1 is 1.30 bits per heavy atom. The summed E-state index contributed by atoms with van der Waals surface area (Å²) in [5.41, 5.74) is 4.72. The fourth-order valence-electron chi connectivity index (χ4n) is 2.64. The lowest BCUT2D eigenvalue weighted by Crippen LogP contribution is -2.39. The lowest BCUT2D eigenvalue weighted by molar-refractivity contribution is -0.137. The van der Waals surface area contributed by atoms with Crippen molar-refractivity contribution in [3.05, 3.63) is 46.8 Å². The van der Waals surface area contributed by atoms with Gasteiger partial charge in [-0.1, -0.05) is 6.07 Å². The van der Waals surface area contributed by atoms with Gasteiger partial charge in [0.2, 0.25) is 5.78 Å². The third-order valence-electron chi connectivity index (χ3n) is 4.01. The van der Waals surface area contributed by atoms with Crippen molar-refractivity contribution in [3.63, 3.8) is 0 Å². The van der Waals surface area contributed by atoms with Crippen molar-refractivity contribution in [1.82, 2.24) is 5.32 Å². The SMILES string of the molecule is CC(=N)/C(C(=O)OCC(=O)c1c(F)cccc1F)=C(/N)NC1CCOCC1. The van der Waals surface area contributed by atoms with Gasteiger partial charge in [-0.25, -0.2) is 13.6 Å². The molecule has 0 atom stereocenters. The van der Waals surface area contributed by atoms with Gasteiger partial charge in [-0.2, -0.15) is 0 Å². The minimum Gasteiger partial charge on any atom is -0.454 e. The van der Waals surface area contributed by atoms with E-state index in [4.69, 9.17) is 20.6 Å². The summed E-state index contributed by atoms with van der Waals surface area (Å²) in [5.74, 6) is -4.20. The zero-order valence-corrected chi connectivity index (χ0v) is 14.8. The second-order valence-corrected chi connectivity index (χ2v) is 6.04. The van der Waals surface area contributed by atoms with Crippen molar-refractivity contribution >= 4 is 17.5 Å². The predicted molar refractivity (Wildman–Crippen MR) is 93.2 cm³/mol. The van der Waals surface area contributed by atoms with Gasteiger partial charge in [-0.3, -0.25) is 4.79 Å². The molecule has 0 bridgehead atoms. The molecule has 1 aliphatic heterocycles. The number of ether oxygens (including phenoxy) is 2. The van der Waals surface area contributed by atoms with Gasteiger partial charge in [0.25, 0.3) is 0 Å². The number of esters is 1. The van der Waals surface area contributed by atoms with Crippen LogP contribution in [0.4, 0.5) is 8.78 Å².